The summed E-state index contributed by atoms with van der Waals surface area (Å²) in [6.45, 7) is 4.00. The molecule has 0 aliphatic rings. The maximum Gasteiger partial charge on any atom is 0.0814 e. The summed E-state index contributed by atoms with van der Waals surface area (Å²) in [5, 5.41) is 8.20. The molecule has 1 rings (SSSR count). The second kappa shape index (κ2) is 6.04. The molecule has 0 aliphatic heterocycles. The number of hydrogen-bond acceptors (Lipinski definition) is 2. The van der Waals surface area contributed by atoms with Gasteiger partial charge in [0, 0.05) is 12.7 Å². The molecule has 0 fully saturated rings. The second-order valence-electron chi connectivity index (χ2n) is 3.49. The summed E-state index contributed by atoms with van der Waals surface area (Å²) in [7, 11) is 1.98. The fourth-order valence-electron chi connectivity index (χ4n) is 1.36. The summed E-state index contributed by atoms with van der Waals surface area (Å²) in [4.78, 5) is 0. The average molecular weight is 216 g/mol. The van der Waals surface area contributed by atoms with Crippen LogP contribution in [0.25, 0.3) is 0 Å². The van der Waals surface area contributed by atoms with Gasteiger partial charge >= 0.3 is 0 Å². The number of rotatable bonds is 6. The van der Waals surface area contributed by atoms with E-state index in [2.05, 4.69) is 10.4 Å². The van der Waals surface area contributed by atoms with Crippen LogP contribution < -0.4 is 5.32 Å². The van der Waals surface area contributed by atoms with Gasteiger partial charge in [0.25, 0.3) is 0 Å². The Morgan fingerprint density at radius 1 is 1.43 bits per heavy atom. The number of nitrogens with zero attached hydrogens (tertiary/aromatic N) is 2. The van der Waals surface area contributed by atoms with Gasteiger partial charge in [-0.3, -0.25) is 4.68 Å². The van der Waals surface area contributed by atoms with Gasteiger partial charge in [0.15, 0.2) is 0 Å². The molecule has 0 atom stereocenters. The lowest BCUT2D eigenvalue weighted by Gasteiger charge is -2.01. The van der Waals surface area contributed by atoms with Crippen molar-refractivity contribution in [1.82, 2.24) is 15.1 Å². The third-order valence-electron chi connectivity index (χ3n) is 2.20. The van der Waals surface area contributed by atoms with Gasteiger partial charge in [0.05, 0.1) is 10.7 Å². The molecule has 0 radical (unpaired) electrons. The molecule has 0 bridgehead atoms. The fourth-order valence-corrected chi connectivity index (χ4v) is 1.51. The molecule has 0 saturated carbocycles. The lowest BCUT2D eigenvalue weighted by atomic mass is 10.2. The molecular weight excluding hydrogens is 198 g/mol. The number of hydrogen-bond donors (Lipinski definition) is 1. The first-order chi connectivity index (χ1) is 6.74. The van der Waals surface area contributed by atoms with Gasteiger partial charge in [-0.05, 0) is 33.4 Å². The van der Waals surface area contributed by atoms with Crippen LogP contribution in [0.2, 0.25) is 5.02 Å². The van der Waals surface area contributed by atoms with Crippen molar-refractivity contribution in [3.05, 3.63) is 16.9 Å². The number of nitrogens with one attached hydrogen (secondary N) is 1. The first-order valence-electron chi connectivity index (χ1n) is 5.08. The quantitative estimate of drug-likeness (QED) is 0.738. The first-order valence-corrected chi connectivity index (χ1v) is 5.46. The molecule has 0 unspecified atom stereocenters. The second-order valence-corrected chi connectivity index (χ2v) is 3.90. The summed E-state index contributed by atoms with van der Waals surface area (Å²) < 4.78 is 1.93. The van der Waals surface area contributed by atoms with Gasteiger partial charge in [-0.15, -0.1) is 0 Å². The van der Waals surface area contributed by atoms with E-state index in [0.29, 0.717) is 0 Å². The van der Waals surface area contributed by atoms with Crippen molar-refractivity contribution in [2.24, 2.45) is 0 Å². The highest BCUT2D eigenvalue weighted by molar-refractivity contribution is 6.31. The van der Waals surface area contributed by atoms with E-state index in [1.54, 1.807) is 0 Å². The molecule has 0 amide bonds. The van der Waals surface area contributed by atoms with Crippen molar-refractivity contribution in [2.75, 3.05) is 13.6 Å². The summed E-state index contributed by atoms with van der Waals surface area (Å²) in [6.07, 6.45) is 5.52. The Labute approximate surface area is 90.4 Å². The predicted octanol–water partition coefficient (Wildman–Crippen LogP) is 2.23. The lowest BCUT2D eigenvalue weighted by molar-refractivity contribution is 0.535. The molecule has 1 heterocycles. The van der Waals surface area contributed by atoms with E-state index in [9.17, 15) is 0 Å². The van der Waals surface area contributed by atoms with Crippen LogP contribution in [0.3, 0.4) is 0 Å². The summed E-state index contributed by atoms with van der Waals surface area (Å²) >= 11 is 5.90. The van der Waals surface area contributed by atoms with Crippen LogP contribution in [0.15, 0.2) is 6.20 Å². The third-order valence-corrected chi connectivity index (χ3v) is 2.57. The minimum Gasteiger partial charge on any atom is -0.320 e. The standard InChI is InChI=1S/C10H18ClN3/c1-9-10(11)8-14(13-9)7-5-3-4-6-12-2/h8,12H,3-7H2,1-2H3. The molecule has 0 saturated heterocycles. The zero-order valence-electron chi connectivity index (χ0n) is 8.89. The fraction of sp³-hybridized carbons (Fsp3) is 0.700. The minimum atomic E-state index is 0.764. The average Bonchev–Trinajstić information content (AvgIpc) is 2.46. The highest BCUT2D eigenvalue weighted by Crippen LogP contribution is 2.12. The van der Waals surface area contributed by atoms with Crippen molar-refractivity contribution < 1.29 is 0 Å². The van der Waals surface area contributed by atoms with E-state index in [4.69, 9.17) is 11.6 Å². The van der Waals surface area contributed by atoms with Crippen LogP contribution in [-0.2, 0) is 6.54 Å². The molecule has 4 heteroatoms. The monoisotopic (exact) mass is 215 g/mol. The van der Waals surface area contributed by atoms with Crippen molar-refractivity contribution >= 4 is 11.6 Å². The van der Waals surface area contributed by atoms with E-state index < -0.39 is 0 Å². The van der Waals surface area contributed by atoms with Crippen LogP contribution in [0.1, 0.15) is 25.0 Å². The number of aryl methyl sites for hydroxylation is 2. The first kappa shape index (κ1) is 11.5. The van der Waals surface area contributed by atoms with Crippen LogP contribution in [0.4, 0.5) is 0 Å². The van der Waals surface area contributed by atoms with Crippen LogP contribution >= 0.6 is 11.6 Å². The van der Waals surface area contributed by atoms with Gasteiger partial charge in [0.2, 0.25) is 0 Å². The highest BCUT2D eigenvalue weighted by atomic mass is 35.5. The molecular formula is C10H18ClN3. The van der Waals surface area contributed by atoms with Crippen LogP contribution in [0, 0.1) is 6.92 Å². The smallest absolute Gasteiger partial charge is 0.0814 e. The Bertz CT molecular complexity index is 251. The van der Waals surface area contributed by atoms with Crippen molar-refractivity contribution in [1.29, 1.82) is 0 Å². The number of halogens is 1. The minimum absolute atomic E-state index is 0.764. The molecule has 80 valence electrons. The van der Waals surface area contributed by atoms with Gasteiger partial charge < -0.3 is 5.32 Å². The van der Waals surface area contributed by atoms with Crippen molar-refractivity contribution in [3.63, 3.8) is 0 Å². The van der Waals surface area contributed by atoms with Crippen LogP contribution in [-0.4, -0.2) is 23.4 Å². The van der Waals surface area contributed by atoms with E-state index in [1.807, 2.05) is 24.9 Å². The third kappa shape index (κ3) is 3.68. The van der Waals surface area contributed by atoms with Crippen molar-refractivity contribution in [2.45, 2.75) is 32.7 Å². The topological polar surface area (TPSA) is 29.9 Å². The predicted molar refractivity (Wildman–Crippen MR) is 59.8 cm³/mol. The Hall–Kier alpha value is -0.540. The van der Waals surface area contributed by atoms with E-state index in [0.717, 1.165) is 23.8 Å². The molecule has 1 aromatic heterocycles. The molecule has 1 aromatic rings. The molecule has 1 N–H and O–H groups in total. The Morgan fingerprint density at radius 3 is 2.79 bits per heavy atom. The molecule has 0 aromatic carbocycles. The molecule has 14 heavy (non-hydrogen) atoms. The summed E-state index contributed by atoms with van der Waals surface area (Å²) in [5.41, 5.74) is 0.918. The van der Waals surface area contributed by atoms with Crippen molar-refractivity contribution in [3.8, 4) is 0 Å². The largest absolute Gasteiger partial charge is 0.320 e. The van der Waals surface area contributed by atoms with E-state index >= 15 is 0 Å². The Morgan fingerprint density at radius 2 is 2.21 bits per heavy atom. The zero-order valence-corrected chi connectivity index (χ0v) is 9.64. The summed E-state index contributed by atoms with van der Waals surface area (Å²) in [6, 6.07) is 0. The molecule has 0 spiro atoms. The van der Waals surface area contributed by atoms with E-state index in [1.165, 1.54) is 19.3 Å². The van der Waals surface area contributed by atoms with E-state index in [-0.39, 0.29) is 0 Å². The number of unbranched alkanes of at least 4 members (excludes halogenated alkanes) is 2. The maximum atomic E-state index is 5.90. The van der Waals surface area contributed by atoms with Gasteiger partial charge in [-0.1, -0.05) is 18.0 Å². The Kier molecular flexibility index (Phi) is 4.98. The Balaban J connectivity index is 2.18. The SMILES string of the molecule is CNCCCCCn1cc(Cl)c(C)n1. The molecule has 3 nitrogen and oxygen atoms in total. The maximum absolute atomic E-state index is 5.90. The highest BCUT2D eigenvalue weighted by Gasteiger charge is 2.00. The summed E-state index contributed by atoms with van der Waals surface area (Å²) in [5.74, 6) is 0. The van der Waals surface area contributed by atoms with Gasteiger partial charge in [0.1, 0.15) is 0 Å². The lowest BCUT2D eigenvalue weighted by Crippen LogP contribution is -2.07. The van der Waals surface area contributed by atoms with Gasteiger partial charge in [-0.2, -0.15) is 5.10 Å². The normalized spacial score (nSPS) is 10.8. The number of aromatic nitrogens is 2. The zero-order chi connectivity index (χ0) is 10.4. The molecule has 0 aliphatic carbocycles. The van der Waals surface area contributed by atoms with Crippen LogP contribution in [0.5, 0.6) is 0 Å². The van der Waals surface area contributed by atoms with Gasteiger partial charge in [-0.25, -0.2) is 0 Å².